The van der Waals surface area contributed by atoms with Crippen LogP contribution in [0.15, 0.2) is 42.5 Å². The molecule has 1 saturated heterocycles. The van der Waals surface area contributed by atoms with Crippen molar-refractivity contribution in [3.8, 4) is 5.75 Å². The van der Waals surface area contributed by atoms with Crippen molar-refractivity contribution in [2.75, 3.05) is 39.8 Å². The Morgan fingerprint density at radius 3 is 2.06 bits per heavy atom. The van der Waals surface area contributed by atoms with E-state index in [0.29, 0.717) is 48.6 Å². The Morgan fingerprint density at radius 1 is 0.903 bits per heavy atom. The number of methoxy groups -OCH3 is 1. The first-order chi connectivity index (χ1) is 14.9. The molecule has 0 atom stereocenters. The van der Waals surface area contributed by atoms with Gasteiger partial charge in [0.2, 0.25) is 5.91 Å². The van der Waals surface area contributed by atoms with E-state index in [9.17, 15) is 19.2 Å². The lowest BCUT2D eigenvalue weighted by molar-refractivity contribution is -0.132. The maximum absolute atomic E-state index is 12.8. The second-order valence-corrected chi connectivity index (χ2v) is 7.60. The highest BCUT2D eigenvalue weighted by molar-refractivity contribution is 6.22. The van der Waals surface area contributed by atoms with Crippen LogP contribution in [0.1, 0.15) is 36.6 Å². The van der Waals surface area contributed by atoms with Gasteiger partial charge in [-0.2, -0.15) is 0 Å². The summed E-state index contributed by atoms with van der Waals surface area (Å²) >= 11 is 0. The van der Waals surface area contributed by atoms with Crippen molar-refractivity contribution in [3.05, 3.63) is 64.7 Å². The molecule has 0 bridgehead atoms. The van der Waals surface area contributed by atoms with Crippen molar-refractivity contribution < 1.29 is 23.9 Å². The second kappa shape index (κ2) is 8.22. The van der Waals surface area contributed by atoms with Crippen LogP contribution in [0.5, 0.6) is 5.75 Å². The molecule has 31 heavy (non-hydrogen) atoms. The number of nitrogens with zero attached hydrogens (tertiary/aromatic N) is 3. The molecule has 0 unspecified atom stereocenters. The SMILES string of the molecule is COc1cc(C(=O)N2CCN(C(=O)CN3C(=O)c4ccccc4C3=O)CC2)ccc1C. The van der Waals surface area contributed by atoms with Gasteiger partial charge in [0.25, 0.3) is 17.7 Å². The number of benzene rings is 2. The van der Waals surface area contributed by atoms with Crippen molar-refractivity contribution in [1.29, 1.82) is 0 Å². The number of amides is 4. The van der Waals surface area contributed by atoms with Gasteiger partial charge in [-0.15, -0.1) is 0 Å². The first-order valence-electron chi connectivity index (χ1n) is 10.1. The first kappa shape index (κ1) is 20.6. The molecule has 0 radical (unpaired) electrons. The number of fused-ring (bicyclic) bond motifs is 1. The van der Waals surface area contributed by atoms with Gasteiger partial charge >= 0.3 is 0 Å². The molecular formula is C23H23N3O5. The summed E-state index contributed by atoms with van der Waals surface area (Å²) in [4.78, 5) is 54.7. The molecule has 0 N–H and O–H groups in total. The smallest absolute Gasteiger partial charge is 0.262 e. The van der Waals surface area contributed by atoms with Crippen LogP contribution in [-0.4, -0.2) is 78.2 Å². The first-order valence-corrected chi connectivity index (χ1v) is 10.1. The fourth-order valence-electron chi connectivity index (χ4n) is 3.91. The van der Waals surface area contributed by atoms with E-state index in [1.54, 1.807) is 53.3 Å². The zero-order valence-electron chi connectivity index (χ0n) is 17.5. The molecule has 0 aliphatic carbocycles. The number of hydrogen-bond acceptors (Lipinski definition) is 5. The Labute approximate surface area is 180 Å². The largest absolute Gasteiger partial charge is 0.496 e. The number of aryl methyl sites for hydroxylation is 1. The summed E-state index contributed by atoms with van der Waals surface area (Å²) in [7, 11) is 1.56. The Kier molecular flexibility index (Phi) is 5.46. The summed E-state index contributed by atoms with van der Waals surface area (Å²) in [5, 5.41) is 0. The van der Waals surface area contributed by atoms with Crippen LogP contribution in [-0.2, 0) is 4.79 Å². The average molecular weight is 421 g/mol. The molecular weight excluding hydrogens is 398 g/mol. The topological polar surface area (TPSA) is 87.2 Å². The van der Waals surface area contributed by atoms with Crippen molar-refractivity contribution in [3.63, 3.8) is 0 Å². The molecule has 1 fully saturated rings. The second-order valence-electron chi connectivity index (χ2n) is 7.60. The Morgan fingerprint density at radius 2 is 1.48 bits per heavy atom. The lowest BCUT2D eigenvalue weighted by Crippen LogP contribution is -2.53. The van der Waals surface area contributed by atoms with Crippen LogP contribution in [0.3, 0.4) is 0 Å². The van der Waals surface area contributed by atoms with Crippen molar-refractivity contribution in [1.82, 2.24) is 14.7 Å². The fraction of sp³-hybridized carbons (Fsp3) is 0.304. The highest BCUT2D eigenvalue weighted by Gasteiger charge is 2.37. The van der Waals surface area contributed by atoms with Gasteiger partial charge < -0.3 is 14.5 Å². The maximum atomic E-state index is 12.8. The van der Waals surface area contributed by atoms with Gasteiger partial charge in [-0.1, -0.05) is 18.2 Å². The normalized spacial score (nSPS) is 15.9. The van der Waals surface area contributed by atoms with E-state index in [-0.39, 0.29) is 18.4 Å². The van der Waals surface area contributed by atoms with Gasteiger partial charge in [-0.05, 0) is 36.8 Å². The van der Waals surface area contributed by atoms with Crippen LogP contribution >= 0.6 is 0 Å². The van der Waals surface area contributed by atoms with Crippen LogP contribution in [0, 0.1) is 6.92 Å². The number of imide groups is 1. The van der Waals surface area contributed by atoms with E-state index in [2.05, 4.69) is 0 Å². The van der Waals surface area contributed by atoms with Crippen molar-refractivity contribution in [2.45, 2.75) is 6.92 Å². The van der Waals surface area contributed by atoms with Crippen molar-refractivity contribution >= 4 is 23.6 Å². The van der Waals surface area contributed by atoms with Crippen LogP contribution in [0.2, 0.25) is 0 Å². The maximum Gasteiger partial charge on any atom is 0.262 e. The molecule has 2 aromatic carbocycles. The third-order valence-electron chi connectivity index (χ3n) is 5.75. The molecule has 4 amide bonds. The Balaban J connectivity index is 1.36. The van der Waals surface area contributed by atoms with E-state index in [1.165, 1.54) is 0 Å². The number of carbonyl (C=O) groups excluding carboxylic acids is 4. The van der Waals surface area contributed by atoms with Crippen LogP contribution < -0.4 is 4.74 Å². The summed E-state index contributed by atoms with van der Waals surface area (Å²) in [5.41, 5.74) is 2.13. The average Bonchev–Trinajstić information content (AvgIpc) is 3.04. The molecule has 2 aliphatic heterocycles. The lowest BCUT2D eigenvalue weighted by Gasteiger charge is -2.35. The summed E-state index contributed by atoms with van der Waals surface area (Å²) in [6.07, 6.45) is 0. The lowest BCUT2D eigenvalue weighted by atomic mass is 10.1. The van der Waals surface area contributed by atoms with E-state index in [4.69, 9.17) is 4.74 Å². The highest BCUT2D eigenvalue weighted by Crippen LogP contribution is 2.23. The van der Waals surface area contributed by atoms with E-state index >= 15 is 0 Å². The Hall–Kier alpha value is -3.68. The summed E-state index contributed by atoms with van der Waals surface area (Å²) in [5.74, 6) is -0.669. The zero-order chi connectivity index (χ0) is 22.1. The summed E-state index contributed by atoms with van der Waals surface area (Å²) in [6.45, 7) is 3.06. The highest BCUT2D eigenvalue weighted by atomic mass is 16.5. The van der Waals surface area contributed by atoms with Crippen LogP contribution in [0.25, 0.3) is 0 Å². The molecule has 160 valence electrons. The minimum Gasteiger partial charge on any atom is -0.496 e. The van der Waals surface area contributed by atoms with E-state index in [0.717, 1.165) is 10.5 Å². The summed E-state index contributed by atoms with van der Waals surface area (Å²) in [6, 6.07) is 11.9. The Bertz CT molecular complexity index is 1040. The quantitative estimate of drug-likeness (QED) is 0.700. The van der Waals surface area contributed by atoms with Crippen molar-refractivity contribution in [2.24, 2.45) is 0 Å². The number of ether oxygens (including phenoxy) is 1. The van der Waals surface area contributed by atoms with Crippen LogP contribution in [0.4, 0.5) is 0 Å². The van der Waals surface area contributed by atoms with Gasteiger partial charge in [0.1, 0.15) is 12.3 Å². The monoisotopic (exact) mass is 421 g/mol. The molecule has 0 spiro atoms. The zero-order valence-corrected chi connectivity index (χ0v) is 17.5. The number of carbonyl (C=O) groups is 4. The van der Waals surface area contributed by atoms with Gasteiger partial charge in [0, 0.05) is 31.7 Å². The third kappa shape index (κ3) is 3.76. The van der Waals surface area contributed by atoms with Gasteiger partial charge in [0.15, 0.2) is 0 Å². The standard InChI is InChI=1S/C23H23N3O5/c1-15-7-8-16(13-19(15)31-2)21(28)25-11-9-24(10-12-25)20(27)14-26-22(29)17-5-3-4-6-18(17)23(26)30/h3-8,13H,9-12,14H2,1-2H3. The van der Waals surface area contributed by atoms with Gasteiger partial charge in [-0.3, -0.25) is 24.1 Å². The predicted octanol–water partition coefficient (Wildman–Crippen LogP) is 1.58. The molecule has 2 heterocycles. The molecule has 4 rings (SSSR count). The molecule has 8 heteroatoms. The minimum atomic E-state index is -0.448. The molecule has 0 saturated carbocycles. The minimum absolute atomic E-state index is 0.120. The van der Waals surface area contributed by atoms with E-state index in [1.807, 2.05) is 13.0 Å². The van der Waals surface area contributed by atoms with Gasteiger partial charge in [0.05, 0.1) is 18.2 Å². The van der Waals surface area contributed by atoms with Gasteiger partial charge in [-0.25, -0.2) is 0 Å². The molecule has 2 aliphatic rings. The number of piperazine rings is 1. The van der Waals surface area contributed by atoms with E-state index < -0.39 is 11.8 Å². The number of hydrogen-bond donors (Lipinski definition) is 0. The molecule has 8 nitrogen and oxygen atoms in total. The number of rotatable bonds is 4. The summed E-state index contributed by atoms with van der Waals surface area (Å²) < 4.78 is 5.29. The molecule has 2 aromatic rings. The molecule has 0 aromatic heterocycles. The third-order valence-corrected chi connectivity index (χ3v) is 5.75. The predicted molar refractivity (Wildman–Crippen MR) is 112 cm³/mol. The fourth-order valence-corrected chi connectivity index (χ4v) is 3.91.